The maximum absolute atomic E-state index is 5.83. The highest BCUT2D eigenvalue weighted by Gasteiger charge is 2.07. The fourth-order valence-corrected chi connectivity index (χ4v) is 1.83. The predicted octanol–water partition coefficient (Wildman–Crippen LogP) is 3.04. The van der Waals surface area contributed by atoms with Gasteiger partial charge in [0.15, 0.2) is 0 Å². The highest BCUT2D eigenvalue weighted by Crippen LogP contribution is 2.27. The molecule has 4 heteroatoms. The van der Waals surface area contributed by atoms with Crippen LogP contribution in [0.25, 0.3) is 11.3 Å². The third-order valence-corrected chi connectivity index (χ3v) is 2.99. The van der Waals surface area contributed by atoms with E-state index in [1.54, 1.807) is 0 Å². The van der Waals surface area contributed by atoms with Gasteiger partial charge >= 0.3 is 0 Å². The van der Waals surface area contributed by atoms with Gasteiger partial charge in [-0.1, -0.05) is 6.07 Å². The monoisotopic (exact) mass is 265 g/mol. The Kier molecular flexibility index (Phi) is 2.52. The summed E-state index contributed by atoms with van der Waals surface area (Å²) in [6, 6.07) is 5.86. The summed E-state index contributed by atoms with van der Waals surface area (Å²) in [4.78, 5) is 7.60. The maximum atomic E-state index is 5.83. The molecule has 15 heavy (non-hydrogen) atoms. The van der Waals surface area contributed by atoms with Crippen LogP contribution in [0, 0.1) is 13.8 Å². The second kappa shape index (κ2) is 3.70. The van der Waals surface area contributed by atoms with E-state index in [9.17, 15) is 0 Å². The second-order valence-electron chi connectivity index (χ2n) is 3.53. The van der Waals surface area contributed by atoms with Gasteiger partial charge in [0, 0.05) is 21.4 Å². The summed E-state index contributed by atoms with van der Waals surface area (Å²) in [5, 5.41) is 0. The number of nitrogen functional groups attached to an aromatic ring is 1. The molecule has 3 N–H and O–H groups in total. The summed E-state index contributed by atoms with van der Waals surface area (Å²) >= 11 is 3.37. The van der Waals surface area contributed by atoms with E-state index in [0.717, 1.165) is 32.9 Å². The Bertz CT molecular complexity index is 503. The van der Waals surface area contributed by atoms with E-state index in [1.807, 2.05) is 32.0 Å². The molecule has 0 fully saturated rings. The molecule has 2 aromatic rings. The Balaban J connectivity index is 2.54. The van der Waals surface area contributed by atoms with Gasteiger partial charge in [-0.3, -0.25) is 0 Å². The summed E-state index contributed by atoms with van der Waals surface area (Å²) in [6.45, 7) is 3.95. The number of nitrogens with zero attached hydrogens (tertiary/aromatic N) is 1. The Morgan fingerprint density at radius 1 is 1.33 bits per heavy atom. The number of hydrogen-bond donors (Lipinski definition) is 2. The maximum Gasteiger partial charge on any atom is 0.103 e. The van der Waals surface area contributed by atoms with Crippen LogP contribution < -0.4 is 5.73 Å². The second-order valence-corrected chi connectivity index (χ2v) is 4.39. The van der Waals surface area contributed by atoms with Crippen LogP contribution in [0.3, 0.4) is 0 Å². The third kappa shape index (κ3) is 1.90. The van der Waals surface area contributed by atoms with E-state index in [4.69, 9.17) is 5.73 Å². The summed E-state index contributed by atoms with van der Waals surface area (Å²) in [7, 11) is 0. The van der Waals surface area contributed by atoms with E-state index in [1.165, 1.54) is 0 Å². The first-order valence-corrected chi connectivity index (χ1v) is 5.46. The van der Waals surface area contributed by atoms with Crippen molar-refractivity contribution in [1.82, 2.24) is 9.97 Å². The van der Waals surface area contributed by atoms with Crippen LogP contribution in [-0.2, 0) is 0 Å². The van der Waals surface area contributed by atoms with Crippen LogP contribution in [0.15, 0.2) is 22.7 Å². The SMILES string of the molecule is Cc1nc(-c2ccc(Br)c(N)c2)c(C)[nH]1. The number of aryl methyl sites for hydroxylation is 2. The zero-order chi connectivity index (χ0) is 11.0. The van der Waals surface area contributed by atoms with Crippen molar-refractivity contribution in [3.63, 3.8) is 0 Å². The minimum Gasteiger partial charge on any atom is -0.398 e. The number of benzene rings is 1. The fraction of sp³-hybridized carbons (Fsp3) is 0.182. The van der Waals surface area contributed by atoms with Crippen molar-refractivity contribution in [2.24, 2.45) is 0 Å². The zero-order valence-electron chi connectivity index (χ0n) is 8.63. The van der Waals surface area contributed by atoms with Gasteiger partial charge in [-0.25, -0.2) is 4.98 Å². The smallest absolute Gasteiger partial charge is 0.103 e. The zero-order valence-corrected chi connectivity index (χ0v) is 10.2. The highest BCUT2D eigenvalue weighted by atomic mass is 79.9. The number of rotatable bonds is 1. The molecule has 3 nitrogen and oxygen atoms in total. The third-order valence-electron chi connectivity index (χ3n) is 2.27. The van der Waals surface area contributed by atoms with Gasteiger partial charge in [-0.05, 0) is 41.9 Å². The molecule has 1 aromatic carbocycles. The largest absolute Gasteiger partial charge is 0.398 e. The van der Waals surface area contributed by atoms with Gasteiger partial charge in [0.05, 0.1) is 5.69 Å². The number of halogens is 1. The number of aromatic amines is 1. The van der Waals surface area contributed by atoms with E-state index in [0.29, 0.717) is 0 Å². The first-order chi connectivity index (χ1) is 7.08. The van der Waals surface area contributed by atoms with Crippen molar-refractivity contribution >= 4 is 21.6 Å². The number of imidazole rings is 1. The molecule has 1 aromatic heterocycles. The fourth-order valence-electron chi connectivity index (χ4n) is 1.58. The van der Waals surface area contributed by atoms with Crippen LogP contribution in [0.4, 0.5) is 5.69 Å². The molecule has 78 valence electrons. The average Bonchev–Trinajstić information content (AvgIpc) is 2.50. The summed E-state index contributed by atoms with van der Waals surface area (Å²) in [5.41, 5.74) is 9.63. The van der Waals surface area contributed by atoms with E-state index in [2.05, 4.69) is 25.9 Å². The first kappa shape index (κ1) is 10.2. The lowest BCUT2D eigenvalue weighted by Gasteiger charge is -2.02. The lowest BCUT2D eigenvalue weighted by molar-refractivity contribution is 1.13. The van der Waals surface area contributed by atoms with Gasteiger partial charge in [-0.2, -0.15) is 0 Å². The van der Waals surface area contributed by atoms with Crippen LogP contribution in [0.5, 0.6) is 0 Å². The minimum atomic E-state index is 0.729. The van der Waals surface area contributed by atoms with Crippen molar-refractivity contribution in [3.8, 4) is 11.3 Å². The van der Waals surface area contributed by atoms with Crippen LogP contribution in [0.1, 0.15) is 11.5 Å². The Morgan fingerprint density at radius 2 is 2.07 bits per heavy atom. The van der Waals surface area contributed by atoms with Crippen LogP contribution in [0.2, 0.25) is 0 Å². The Labute approximate surface area is 96.9 Å². The number of anilines is 1. The van der Waals surface area contributed by atoms with E-state index >= 15 is 0 Å². The Morgan fingerprint density at radius 3 is 2.60 bits per heavy atom. The topological polar surface area (TPSA) is 54.7 Å². The molecule has 0 aliphatic heterocycles. The van der Waals surface area contributed by atoms with Crippen molar-refractivity contribution in [3.05, 3.63) is 34.2 Å². The number of nitrogens with two attached hydrogens (primary N) is 1. The molecule has 0 spiro atoms. The van der Waals surface area contributed by atoms with Crippen molar-refractivity contribution in [1.29, 1.82) is 0 Å². The first-order valence-electron chi connectivity index (χ1n) is 4.66. The lowest BCUT2D eigenvalue weighted by atomic mass is 10.1. The van der Waals surface area contributed by atoms with Crippen molar-refractivity contribution in [2.45, 2.75) is 13.8 Å². The number of H-pyrrole nitrogens is 1. The van der Waals surface area contributed by atoms with Gasteiger partial charge in [0.1, 0.15) is 5.82 Å². The molecule has 0 saturated carbocycles. The van der Waals surface area contributed by atoms with E-state index in [-0.39, 0.29) is 0 Å². The molecule has 0 aliphatic rings. The number of hydrogen-bond acceptors (Lipinski definition) is 2. The normalized spacial score (nSPS) is 10.6. The van der Waals surface area contributed by atoms with Crippen molar-refractivity contribution in [2.75, 3.05) is 5.73 Å². The summed E-state index contributed by atoms with van der Waals surface area (Å²) in [6.07, 6.45) is 0. The molecule has 0 amide bonds. The van der Waals surface area contributed by atoms with Crippen LogP contribution in [-0.4, -0.2) is 9.97 Å². The molecule has 0 aliphatic carbocycles. The van der Waals surface area contributed by atoms with E-state index < -0.39 is 0 Å². The molecule has 1 heterocycles. The van der Waals surface area contributed by atoms with Gasteiger partial charge in [0.2, 0.25) is 0 Å². The molecule has 0 radical (unpaired) electrons. The number of aromatic nitrogens is 2. The number of nitrogens with one attached hydrogen (secondary N) is 1. The van der Waals surface area contributed by atoms with Crippen molar-refractivity contribution < 1.29 is 0 Å². The molecular weight excluding hydrogens is 254 g/mol. The summed E-state index contributed by atoms with van der Waals surface area (Å²) < 4.78 is 0.913. The average molecular weight is 266 g/mol. The van der Waals surface area contributed by atoms with Gasteiger partial charge in [0.25, 0.3) is 0 Å². The molecule has 0 bridgehead atoms. The predicted molar refractivity (Wildman–Crippen MR) is 65.6 cm³/mol. The highest BCUT2D eigenvalue weighted by molar-refractivity contribution is 9.10. The molecular formula is C11H12BrN3. The molecule has 0 atom stereocenters. The van der Waals surface area contributed by atoms with Crippen LogP contribution >= 0.6 is 15.9 Å². The lowest BCUT2D eigenvalue weighted by Crippen LogP contribution is -1.88. The quantitative estimate of drug-likeness (QED) is 0.779. The Hall–Kier alpha value is -1.29. The van der Waals surface area contributed by atoms with Gasteiger partial charge < -0.3 is 10.7 Å². The minimum absolute atomic E-state index is 0.729. The molecule has 2 rings (SSSR count). The molecule has 0 saturated heterocycles. The van der Waals surface area contributed by atoms with Gasteiger partial charge in [-0.15, -0.1) is 0 Å². The summed E-state index contributed by atoms with van der Waals surface area (Å²) in [5.74, 6) is 0.920. The molecule has 0 unspecified atom stereocenters. The standard InChI is InChI=1S/C11H12BrN3/c1-6-11(15-7(2)14-6)8-3-4-9(12)10(13)5-8/h3-5H,13H2,1-2H3,(H,14,15).